The minimum absolute atomic E-state index is 0.200. The predicted molar refractivity (Wildman–Crippen MR) is 36.4 cm³/mol. The van der Waals surface area contributed by atoms with E-state index in [1.165, 1.54) is 0 Å². The van der Waals surface area contributed by atoms with Crippen LogP contribution in [0, 0.1) is 0 Å². The van der Waals surface area contributed by atoms with Crippen LogP contribution in [0.2, 0.25) is 0 Å². The summed E-state index contributed by atoms with van der Waals surface area (Å²) in [5.41, 5.74) is 0. The smallest absolute Gasteiger partial charge is 0.132 e. The largest absolute Gasteiger partial charge is 0.381 e. The molecule has 0 fully saturated rings. The Labute approximate surface area is 56.2 Å². The zero-order chi connectivity index (χ0) is 7.11. The van der Waals surface area contributed by atoms with E-state index in [-0.39, 0.29) is 5.78 Å². The number of hydrogen-bond donors (Lipinski definition) is 0. The third-order valence-electron chi connectivity index (χ3n) is 0.947. The van der Waals surface area contributed by atoms with Gasteiger partial charge in [0.25, 0.3) is 0 Å². The van der Waals surface area contributed by atoms with Gasteiger partial charge in [-0.3, -0.25) is 4.79 Å². The molecule has 0 saturated heterocycles. The zero-order valence-corrected chi connectivity index (χ0v) is 6.14. The summed E-state index contributed by atoms with van der Waals surface area (Å²) < 4.78 is 5.07. The first-order valence-corrected chi connectivity index (χ1v) is 3.34. The summed E-state index contributed by atoms with van der Waals surface area (Å²) in [6.07, 6.45) is 1.58. The normalized spacial score (nSPS) is 9.56. The van der Waals surface area contributed by atoms with Crippen LogP contribution in [-0.2, 0) is 9.53 Å². The Balaban J connectivity index is 2.83. The van der Waals surface area contributed by atoms with Crippen LogP contribution >= 0.6 is 0 Å². The molecule has 0 aliphatic heterocycles. The molecule has 0 rings (SSSR count). The topological polar surface area (TPSA) is 26.3 Å². The molecule has 0 aromatic rings. The minimum Gasteiger partial charge on any atom is -0.381 e. The van der Waals surface area contributed by atoms with Crippen molar-refractivity contribution in [1.82, 2.24) is 0 Å². The van der Waals surface area contributed by atoms with Gasteiger partial charge in [0, 0.05) is 13.0 Å². The molecule has 0 aliphatic rings. The number of carbonyl (C=O) groups is 1. The van der Waals surface area contributed by atoms with Crippen LogP contribution in [0.3, 0.4) is 0 Å². The Hall–Kier alpha value is -0.370. The quantitative estimate of drug-likeness (QED) is 0.526. The predicted octanol–water partition coefficient (Wildman–Crippen LogP) is 1.39. The lowest BCUT2D eigenvalue weighted by Crippen LogP contribution is -2.00. The Morgan fingerprint density at radius 1 is 1.44 bits per heavy atom. The number of rotatable bonds is 5. The van der Waals surface area contributed by atoms with Gasteiger partial charge in [-0.1, -0.05) is 6.92 Å². The van der Waals surface area contributed by atoms with Crippen molar-refractivity contribution in [2.75, 3.05) is 13.2 Å². The summed E-state index contributed by atoms with van der Waals surface area (Å²) in [7, 11) is 0. The minimum atomic E-state index is 0.200. The van der Waals surface area contributed by atoms with Gasteiger partial charge in [0.1, 0.15) is 5.78 Å². The van der Waals surface area contributed by atoms with Gasteiger partial charge in [0.05, 0.1) is 6.61 Å². The van der Waals surface area contributed by atoms with E-state index in [9.17, 15) is 4.79 Å². The molecule has 0 amide bonds. The maximum atomic E-state index is 10.3. The van der Waals surface area contributed by atoms with Gasteiger partial charge in [-0.25, -0.2) is 0 Å². The lowest BCUT2D eigenvalue weighted by molar-refractivity contribution is -0.118. The van der Waals surface area contributed by atoms with Crippen LogP contribution in [0.5, 0.6) is 0 Å². The SMILES string of the molecule is CCCOCCC(C)=O. The third-order valence-corrected chi connectivity index (χ3v) is 0.947. The molecular formula is C7H14O2. The Morgan fingerprint density at radius 3 is 2.56 bits per heavy atom. The van der Waals surface area contributed by atoms with E-state index in [0.29, 0.717) is 13.0 Å². The molecule has 54 valence electrons. The summed E-state index contributed by atoms with van der Waals surface area (Å²) >= 11 is 0. The molecule has 0 bridgehead atoms. The average Bonchev–Trinajstić information content (AvgIpc) is 1.80. The van der Waals surface area contributed by atoms with E-state index in [0.717, 1.165) is 13.0 Å². The van der Waals surface area contributed by atoms with Gasteiger partial charge < -0.3 is 4.74 Å². The molecule has 0 atom stereocenters. The molecule has 0 aromatic carbocycles. The van der Waals surface area contributed by atoms with Gasteiger partial charge in [0.2, 0.25) is 0 Å². The van der Waals surface area contributed by atoms with Gasteiger partial charge in [0.15, 0.2) is 0 Å². The van der Waals surface area contributed by atoms with E-state index in [1.807, 2.05) is 6.92 Å². The summed E-state index contributed by atoms with van der Waals surface area (Å²) in [5, 5.41) is 0. The van der Waals surface area contributed by atoms with Gasteiger partial charge in [-0.05, 0) is 13.3 Å². The molecule has 0 aromatic heterocycles. The highest BCUT2D eigenvalue weighted by Crippen LogP contribution is 1.85. The van der Waals surface area contributed by atoms with E-state index < -0.39 is 0 Å². The van der Waals surface area contributed by atoms with Crippen molar-refractivity contribution in [3.05, 3.63) is 0 Å². The number of Topliss-reactive ketones (excluding diaryl/α,β-unsaturated/α-hetero) is 1. The van der Waals surface area contributed by atoms with Crippen molar-refractivity contribution >= 4 is 5.78 Å². The lowest BCUT2D eigenvalue weighted by Gasteiger charge is -1.97. The maximum absolute atomic E-state index is 10.3. The summed E-state index contributed by atoms with van der Waals surface area (Å²) in [6, 6.07) is 0. The number of hydrogen-bond acceptors (Lipinski definition) is 2. The van der Waals surface area contributed by atoms with Gasteiger partial charge in [-0.2, -0.15) is 0 Å². The van der Waals surface area contributed by atoms with Crippen molar-refractivity contribution in [3.63, 3.8) is 0 Å². The van der Waals surface area contributed by atoms with Crippen LogP contribution in [0.15, 0.2) is 0 Å². The molecule has 2 heteroatoms. The average molecular weight is 130 g/mol. The van der Waals surface area contributed by atoms with Crippen molar-refractivity contribution in [2.45, 2.75) is 26.7 Å². The second kappa shape index (κ2) is 5.76. The summed E-state index contributed by atoms with van der Waals surface area (Å²) in [6.45, 7) is 4.99. The second-order valence-corrected chi connectivity index (χ2v) is 2.06. The molecular weight excluding hydrogens is 116 g/mol. The molecule has 2 nitrogen and oxygen atoms in total. The van der Waals surface area contributed by atoms with Crippen LogP contribution in [0.4, 0.5) is 0 Å². The van der Waals surface area contributed by atoms with Crippen molar-refractivity contribution in [1.29, 1.82) is 0 Å². The molecule has 0 unspecified atom stereocenters. The number of ketones is 1. The van der Waals surface area contributed by atoms with Gasteiger partial charge in [-0.15, -0.1) is 0 Å². The number of ether oxygens (including phenoxy) is 1. The Bertz CT molecular complexity index is 79.0. The van der Waals surface area contributed by atoms with Crippen LogP contribution in [-0.4, -0.2) is 19.0 Å². The molecule has 0 heterocycles. The van der Waals surface area contributed by atoms with Crippen LogP contribution < -0.4 is 0 Å². The van der Waals surface area contributed by atoms with E-state index >= 15 is 0 Å². The van der Waals surface area contributed by atoms with Crippen molar-refractivity contribution < 1.29 is 9.53 Å². The standard InChI is InChI=1S/C7H14O2/c1-3-5-9-6-4-7(2)8/h3-6H2,1-2H3. The lowest BCUT2D eigenvalue weighted by atomic mass is 10.3. The molecule has 0 N–H and O–H groups in total. The highest BCUT2D eigenvalue weighted by Gasteiger charge is 1.90. The monoisotopic (exact) mass is 130 g/mol. The maximum Gasteiger partial charge on any atom is 0.132 e. The second-order valence-electron chi connectivity index (χ2n) is 2.06. The first-order valence-electron chi connectivity index (χ1n) is 3.34. The fourth-order valence-electron chi connectivity index (χ4n) is 0.462. The molecule has 9 heavy (non-hydrogen) atoms. The third kappa shape index (κ3) is 7.63. The molecule has 0 spiro atoms. The van der Waals surface area contributed by atoms with Crippen LogP contribution in [0.25, 0.3) is 0 Å². The molecule has 0 aliphatic carbocycles. The molecule has 0 saturated carbocycles. The van der Waals surface area contributed by atoms with E-state index in [2.05, 4.69) is 0 Å². The van der Waals surface area contributed by atoms with Gasteiger partial charge >= 0.3 is 0 Å². The zero-order valence-electron chi connectivity index (χ0n) is 6.14. The highest BCUT2D eigenvalue weighted by atomic mass is 16.5. The Morgan fingerprint density at radius 2 is 2.11 bits per heavy atom. The summed E-state index contributed by atoms with van der Waals surface area (Å²) in [5.74, 6) is 0.200. The summed E-state index contributed by atoms with van der Waals surface area (Å²) in [4.78, 5) is 10.3. The first-order chi connectivity index (χ1) is 4.27. The van der Waals surface area contributed by atoms with E-state index in [4.69, 9.17) is 4.74 Å². The van der Waals surface area contributed by atoms with Crippen molar-refractivity contribution in [3.8, 4) is 0 Å². The van der Waals surface area contributed by atoms with E-state index in [1.54, 1.807) is 6.92 Å². The van der Waals surface area contributed by atoms with Crippen LogP contribution in [0.1, 0.15) is 26.7 Å². The Kier molecular flexibility index (Phi) is 5.52. The number of carbonyl (C=O) groups excluding carboxylic acids is 1. The fraction of sp³-hybridized carbons (Fsp3) is 0.857. The van der Waals surface area contributed by atoms with Crippen molar-refractivity contribution in [2.24, 2.45) is 0 Å². The molecule has 0 radical (unpaired) electrons. The highest BCUT2D eigenvalue weighted by molar-refractivity contribution is 5.75. The fourth-order valence-corrected chi connectivity index (χ4v) is 0.462. The first kappa shape index (κ1) is 8.63.